The van der Waals surface area contributed by atoms with Crippen LogP contribution in [0.1, 0.15) is 10.8 Å². The van der Waals surface area contributed by atoms with Crippen molar-refractivity contribution in [3.8, 4) is 6.07 Å². The second kappa shape index (κ2) is 3.26. The van der Waals surface area contributed by atoms with Crippen LogP contribution in [0.4, 0.5) is 0 Å². The van der Waals surface area contributed by atoms with E-state index in [2.05, 4.69) is 22.8 Å². The molecule has 0 aromatic carbocycles. The summed E-state index contributed by atoms with van der Waals surface area (Å²) in [5.74, 6) is 0.596. The molecule has 2 rings (SSSR count). The van der Waals surface area contributed by atoms with Gasteiger partial charge in [-0.2, -0.15) is 5.26 Å². The minimum absolute atomic E-state index is 0.170. The molecule has 1 N–H and O–H groups in total. The number of thiophene rings is 1. The molecule has 12 heavy (non-hydrogen) atoms. The Kier molecular flexibility index (Phi) is 2.11. The van der Waals surface area contributed by atoms with Crippen LogP contribution in [0.5, 0.6) is 0 Å². The molecule has 2 nitrogen and oxygen atoms in total. The highest BCUT2D eigenvalue weighted by molar-refractivity contribution is 7.10. The fourth-order valence-corrected chi connectivity index (χ4v) is 2.51. The average Bonchev–Trinajstić information content (AvgIpc) is 2.74. The SMILES string of the molecule is N#C[C@@H]1CNC[C@@H]1c1cccs1. The number of nitrogens with zero attached hydrogens (tertiary/aromatic N) is 1. The largest absolute Gasteiger partial charge is 0.315 e. The second-order valence-corrected chi connectivity index (χ2v) is 4.00. The van der Waals surface area contributed by atoms with Gasteiger partial charge in [-0.15, -0.1) is 11.3 Å². The Morgan fingerprint density at radius 3 is 3.17 bits per heavy atom. The Balaban J connectivity index is 2.20. The standard InChI is InChI=1S/C9H10N2S/c10-4-7-5-11-6-8(7)9-2-1-3-12-9/h1-3,7-8,11H,5-6H2/t7-,8+/m1/s1. The number of rotatable bonds is 1. The van der Waals surface area contributed by atoms with Gasteiger partial charge in [0.2, 0.25) is 0 Å². The van der Waals surface area contributed by atoms with Gasteiger partial charge in [-0.3, -0.25) is 0 Å². The van der Waals surface area contributed by atoms with E-state index >= 15 is 0 Å². The first-order valence-electron chi connectivity index (χ1n) is 4.05. The molecule has 0 bridgehead atoms. The van der Waals surface area contributed by atoms with Gasteiger partial charge < -0.3 is 5.32 Å². The Labute approximate surface area is 75.8 Å². The molecule has 1 aromatic rings. The monoisotopic (exact) mass is 178 g/mol. The van der Waals surface area contributed by atoms with Crippen molar-refractivity contribution in [2.75, 3.05) is 13.1 Å². The summed E-state index contributed by atoms with van der Waals surface area (Å²) in [6, 6.07) is 6.51. The van der Waals surface area contributed by atoms with Gasteiger partial charge in [-0.25, -0.2) is 0 Å². The quantitative estimate of drug-likeness (QED) is 0.708. The van der Waals surface area contributed by atoms with Gasteiger partial charge >= 0.3 is 0 Å². The highest BCUT2D eigenvalue weighted by Gasteiger charge is 2.28. The summed E-state index contributed by atoms with van der Waals surface area (Å²) >= 11 is 1.75. The molecule has 0 amide bonds. The second-order valence-electron chi connectivity index (χ2n) is 3.02. The van der Waals surface area contributed by atoms with Crippen LogP contribution < -0.4 is 5.32 Å². The Hall–Kier alpha value is -0.850. The summed E-state index contributed by atoms with van der Waals surface area (Å²) in [5, 5.41) is 14.2. The Morgan fingerprint density at radius 2 is 2.50 bits per heavy atom. The van der Waals surface area contributed by atoms with Gasteiger partial charge in [-0.05, 0) is 11.4 Å². The molecule has 1 aliphatic heterocycles. The van der Waals surface area contributed by atoms with Gasteiger partial charge in [0.25, 0.3) is 0 Å². The van der Waals surface area contributed by atoms with Crippen LogP contribution in [-0.2, 0) is 0 Å². The lowest BCUT2D eigenvalue weighted by Crippen LogP contribution is -2.07. The first-order chi connectivity index (χ1) is 5.92. The fourth-order valence-electron chi connectivity index (χ4n) is 1.62. The molecule has 0 saturated carbocycles. The minimum atomic E-state index is 0.170. The van der Waals surface area contributed by atoms with Crippen LogP contribution in [-0.4, -0.2) is 13.1 Å². The minimum Gasteiger partial charge on any atom is -0.315 e. The normalized spacial score (nSPS) is 28.6. The highest BCUT2D eigenvalue weighted by atomic mass is 32.1. The molecule has 0 spiro atoms. The Morgan fingerprint density at radius 1 is 1.58 bits per heavy atom. The molecular formula is C9H10N2S. The smallest absolute Gasteiger partial charge is 0.0676 e. The van der Waals surface area contributed by atoms with Crippen molar-refractivity contribution in [3.05, 3.63) is 22.4 Å². The lowest BCUT2D eigenvalue weighted by molar-refractivity contribution is 0.657. The van der Waals surface area contributed by atoms with Gasteiger partial charge in [0.1, 0.15) is 0 Å². The molecule has 0 radical (unpaired) electrons. The van der Waals surface area contributed by atoms with E-state index in [1.807, 2.05) is 6.07 Å². The summed E-state index contributed by atoms with van der Waals surface area (Å²) in [7, 11) is 0. The van der Waals surface area contributed by atoms with Crippen molar-refractivity contribution in [3.63, 3.8) is 0 Å². The third kappa shape index (κ3) is 1.24. The Bertz CT molecular complexity index is 286. The van der Waals surface area contributed by atoms with E-state index in [0.717, 1.165) is 13.1 Å². The molecule has 0 aliphatic carbocycles. The van der Waals surface area contributed by atoms with Crippen LogP contribution in [0.15, 0.2) is 17.5 Å². The first-order valence-corrected chi connectivity index (χ1v) is 4.93. The molecule has 0 unspecified atom stereocenters. The van der Waals surface area contributed by atoms with Gasteiger partial charge in [0.05, 0.1) is 12.0 Å². The lowest BCUT2D eigenvalue weighted by Gasteiger charge is -2.08. The number of hydrogen-bond donors (Lipinski definition) is 1. The van der Waals surface area contributed by atoms with E-state index in [9.17, 15) is 0 Å². The molecule has 62 valence electrons. The first kappa shape index (κ1) is 7.78. The van der Waals surface area contributed by atoms with E-state index in [-0.39, 0.29) is 5.92 Å². The third-order valence-electron chi connectivity index (χ3n) is 2.29. The van der Waals surface area contributed by atoms with Crippen LogP contribution >= 0.6 is 11.3 Å². The van der Waals surface area contributed by atoms with Gasteiger partial charge in [-0.1, -0.05) is 6.07 Å². The van der Waals surface area contributed by atoms with Gasteiger partial charge in [0, 0.05) is 23.9 Å². The fraction of sp³-hybridized carbons (Fsp3) is 0.444. The summed E-state index contributed by atoms with van der Waals surface area (Å²) in [5.41, 5.74) is 0. The summed E-state index contributed by atoms with van der Waals surface area (Å²) < 4.78 is 0. The topological polar surface area (TPSA) is 35.8 Å². The zero-order valence-electron chi connectivity index (χ0n) is 6.66. The predicted molar refractivity (Wildman–Crippen MR) is 49.0 cm³/mol. The summed E-state index contributed by atoms with van der Waals surface area (Å²) in [4.78, 5) is 1.34. The van der Waals surface area contributed by atoms with Crippen molar-refractivity contribution in [2.24, 2.45) is 5.92 Å². The van der Waals surface area contributed by atoms with Crippen LogP contribution in [0, 0.1) is 17.2 Å². The van der Waals surface area contributed by atoms with Gasteiger partial charge in [0.15, 0.2) is 0 Å². The van der Waals surface area contributed by atoms with E-state index in [4.69, 9.17) is 5.26 Å². The van der Waals surface area contributed by atoms with E-state index in [1.54, 1.807) is 11.3 Å². The molecule has 1 fully saturated rings. The van der Waals surface area contributed by atoms with Crippen molar-refractivity contribution in [1.82, 2.24) is 5.32 Å². The van der Waals surface area contributed by atoms with Crippen LogP contribution in [0.25, 0.3) is 0 Å². The molecule has 2 atom stereocenters. The average molecular weight is 178 g/mol. The summed E-state index contributed by atoms with van der Waals surface area (Å²) in [6.07, 6.45) is 0. The predicted octanol–water partition coefficient (Wildman–Crippen LogP) is 1.57. The molecule has 1 saturated heterocycles. The van der Waals surface area contributed by atoms with Crippen molar-refractivity contribution in [2.45, 2.75) is 5.92 Å². The zero-order chi connectivity index (χ0) is 8.39. The van der Waals surface area contributed by atoms with E-state index in [0.29, 0.717) is 5.92 Å². The molecule has 3 heteroatoms. The number of hydrogen-bond acceptors (Lipinski definition) is 3. The van der Waals surface area contributed by atoms with Crippen molar-refractivity contribution in [1.29, 1.82) is 5.26 Å². The molecule has 1 aliphatic rings. The zero-order valence-corrected chi connectivity index (χ0v) is 7.47. The third-order valence-corrected chi connectivity index (χ3v) is 3.29. The molecular weight excluding hydrogens is 168 g/mol. The number of nitrogens with one attached hydrogen (secondary N) is 1. The maximum atomic E-state index is 8.85. The van der Waals surface area contributed by atoms with E-state index in [1.165, 1.54) is 4.88 Å². The lowest BCUT2D eigenvalue weighted by atomic mass is 9.96. The number of nitriles is 1. The van der Waals surface area contributed by atoms with Crippen LogP contribution in [0.2, 0.25) is 0 Å². The van der Waals surface area contributed by atoms with Crippen LogP contribution in [0.3, 0.4) is 0 Å². The maximum absolute atomic E-state index is 8.85. The maximum Gasteiger partial charge on any atom is 0.0676 e. The highest BCUT2D eigenvalue weighted by Crippen LogP contribution is 2.30. The van der Waals surface area contributed by atoms with E-state index < -0.39 is 0 Å². The van der Waals surface area contributed by atoms with Crippen molar-refractivity contribution >= 4 is 11.3 Å². The van der Waals surface area contributed by atoms with Crippen molar-refractivity contribution < 1.29 is 0 Å². The summed E-state index contributed by atoms with van der Waals surface area (Å²) in [6.45, 7) is 1.80. The molecule has 1 aromatic heterocycles. The molecule has 2 heterocycles.